The highest BCUT2D eigenvalue weighted by Gasteiger charge is 2.31. The van der Waals surface area contributed by atoms with Crippen LogP contribution in [0.15, 0.2) is 27.2 Å². The van der Waals surface area contributed by atoms with Crippen molar-refractivity contribution in [3.8, 4) is 0 Å². The molecule has 0 unspecified atom stereocenters. The number of carbonyl (C=O) groups excluding carboxylic acids is 1. The van der Waals surface area contributed by atoms with Crippen LogP contribution in [0.1, 0.15) is 51.9 Å². The highest BCUT2D eigenvalue weighted by atomic mass is 79.9. The molecule has 1 aromatic heterocycles. The molecule has 166 valence electrons. The summed E-state index contributed by atoms with van der Waals surface area (Å²) in [5, 5.41) is 16.1. The van der Waals surface area contributed by atoms with Gasteiger partial charge in [-0.2, -0.15) is 4.98 Å². The Balaban J connectivity index is 2.09. The first kappa shape index (κ1) is 24.2. The van der Waals surface area contributed by atoms with Gasteiger partial charge in [0.2, 0.25) is 5.89 Å². The standard InChI is InChI=1S/C20H28BrFN4O4/c1-19(2,3)29-18(28)24-20(4,5)17-23-16(30-25-17)12-26(8-9-27)11-13-10-14(21)6-7-15(13)22/h6-7,10,27H,8-9,11-12H2,1-5H3,(H,24,28). The van der Waals surface area contributed by atoms with Gasteiger partial charge in [0.25, 0.3) is 0 Å². The molecule has 0 atom stereocenters. The Labute approximate surface area is 183 Å². The lowest BCUT2D eigenvalue weighted by molar-refractivity contribution is 0.0465. The van der Waals surface area contributed by atoms with E-state index in [0.29, 0.717) is 12.1 Å². The maximum atomic E-state index is 14.1. The predicted octanol–water partition coefficient (Wildman–Crippen LogP) is 3.73. The summed E-state index contributed by atoms with van der Waals surface area (Å²) in [6.45, 7) is 9.43. The normalized spacial score (nSPS) is 12.3. The summed E-state index contributed by atoms with van der Waals surface area (Å²) >= 11 is 3.33. The molecule has 2 rings (SSSR count). The quantitative estimate of drug-likeness (QED) is 0.585. The number of aromatic nitrogens is 2. The number of hydrogen-bond donors (Lipinski definition) is 2. The van der Waals surface area contributed by atoms with Gasteiger partial charge >= 0.3 is 6.09 Å². The largest absolute Gasteiger partial charge is 0.444 e. The van der Waals surface area contributed by atoms with Crippen molar-refractivity contribution in [2.75, 3.05) is 13.2 Å². The number of ether oxygens (including phenoxy) is 1. The number of nitrogens with one attached hydrogen (secondary N) is 1. The molecule has 0 bridgehead atoms. The van der Waals surface area contributed by atoms with Gasteiger partial charge in [0.15, 0.2) is 5.82 Å². The maximum absolute atomic E-state index is 14.1. The number of amides is 1. The fourth-order valence-electron chi connectivity index (χ4n) is 2.64. The lowest BCUT2D eigenvalue weighted by Gasteiger charge is -2.26. The summed E-state index contributed by atoms with van der Waals surface area (Å²) in [5.74, 6) is 0.226. The van der Waals surface area contributed by atoms with E-state index < -0.39 is 17.2 Å². The van der Waals surface area contributed by atoms with Crippen LogP contribution < -0.4 is 5.32 Å². The first-order chi connectivity index (χ1) is 13.9. The Kier molecular flexibility index (Phi) is 7.95. The van der Waals surface area contributed by atoms with Gasteiger partial charge in [-0.3, -0.25) is 4.90 Å². The van der Waals surface area contributed by atoms with E-state index in [1.807, 2.05) is 0 Å². The van der Waals surface area contributed by atoms with Gasteiger partial charge < -0.3 is 19.7 Å². The van der Waals surface area contributed by atoms with Crippen LogP contribution in [0.5, 0.6) is 0 Å². The molecule has 0 spiro atoms. The van der Waals surface area contributed by atoms with Crippen molar-refractivity contribution < 1.29 is 23.6 Å². The summed E-state index contributed by atoms with van der Waals surface area (Å²) < 4.78 is 25.5. The van der Waals surface area contributed by atoms with Crippen LogP contribution in [-0.4, -0.2) is 45.0 Å². The smallest absolute Gasteiger partial charge is 0.408 e. The number of alkyl carbamates (subject to hydrolysis) is 1. The van der Waals surface area contributed by atoms with Crippen LogP contribution in [0.2, 0.25) is 0 Å². The minimum absolute atomic E-state index is 0.109. The highest BCUT2D eigenvalue weighted by Crippen LogP contribution is 2.21. The Morgan fingerprint density at radius 1 is 1.30 bits per heavy atom. The summed E-state index contributed by atoms with van der Waals surface area (Å²) in [6, 6.07) is 4.69. The molecule has 10 heteroatoms. The first-order valence-corrected chi connectivity index (χ1v) is 10.3. The summed E-state index contributed by atoms with van der Waals surface area (Å²) in [7, 11) is 0. The molecule has 30 heavy (non-hydrogen) atoms. The Hall–Kier alpha value is -2.04. The zero-order valence-corrected chi connectivity index (χ0v) is 19.4. The zero-order chi connectivity index (χ0) is 22.5. The van der Waals surface area contributed by atoms with Gasteiger partial charge in [0.05, 0.1) is 13.2 Å². The highest BCUT2D eigenvalue weighted by molar-refractivity contribution is 9.10. The van der Waals surface area contributed by atoms with E-state index >= 15 is 0 Å². The number of halogens is 2. The number of hydrogen-bond acceptors (Lipinski definition) is 7. The topological polar surface area (TPSA) is 101 Å². The van der Waals surface area contributed by atoms with Crippen LogP contribution >= 0.6 is 15.9 Å². The van der Waals surface area contributed by atoms with Crippen molar-refractivity contribution in [1.29, 1.82) is 0 Å². The second-order valence-electron chi connectivity index (χ2n) is 8.43. The lowest BCUT2D eigenvalue weighted by atomic mass is 10.1. The third-order valence-corrected chi connectivity index (χ3v) is 4.51. The van der Waals surface area contributed by atoms with Crippen LogP contribution in [0, 0.1) is 5.82 Å². The molecule has 0 saturated carbocycles. The number of aliphatic hydroxyl groups excluding tert-OH is 1. The number of benzene rings is 1. The molecule has 0 aliphatic rings. The van der Waals surface area contributed by atoms with E-state index in [4.69, 9.17) is 9.26 Å². The number of nitrogens with zero attached hydrogens (tertiary/aromatic N) is 3. The third-order valence-electron chi connectivity index (χ3n) is 4.02. The van der Waals surface area contributed by atoms with Gasteiger partial charge in [-0.05, 0) is 52.8 Å². The molecular weight excluding hydrogens is 459 g/mol. The van der Waals surface area contributed by atoms with E-state index in [1.54, 1.807) is 51.7 Å². The first-order valence-electron chi connectivity index (χ1n) is 9.51. The predicted molar refractivity (Wildman–Crippen MR) is 112 cm³/mol. The maximum Gasteiger partial charge on any atom is 0.408 e. The summed E-state index contributed by atoms with van der Waals surface area (Å²) in [5.41, 5.74) is -1.08. The van der Waals surface area contributed by atoms with Gasteiger partial charge in [0, 0.05) is 23.1 Å². The van der Waals surface area contributed by atoms with E-state index in [1.165, 1.54) is 6.07 Å². The minimum Gasteiger partial charge on any atom is -0.444 e. The molecule has 2 aromatic rings. The average Bonchev–Trinajstić information content (AvgIpc) is 3.05. The minimum atomic E-state index is -0.928. The summed E-state index contributed by atoms with van der Waals surface area (Å²) in [6.07, 6.45) is -0.592. The van der Waals surface area contributed by atoms with Crippen LogP contribution in [0.25, 0.3) is 0 Å². The molecule has 1 heterocycles. The number of rotatable bonds is 8. The summed E-state index contributed by atoms with van der Waals surface area (Å²) in [4.78, 5) is 18.2. The molecule has 0 aliphatic heterocycles. The van der Waals surface area contributed by atoms with Crippen LogP contribution in [-0.2, 0) is 23.4 Å². The Morgan fingerprint density at radius 2 is 2.00 bits per heavy atom. The van der Waals surface area contributed by atoms with Crippen molar-refractivity contribution in [1.82, 2.24) is 20.4 Å². The SMILES string of the molecule is CC(C)(C)OC(=O)NC(C)(C)c1noc(CN(CCO)Cc2cc(Br)ccc2F)n1. The molecule has 0 aliphatic carbocycles. The van der Waals surface area contributed by atoms with Gasteiger partial charge in [-0.1, -0.05) is 21.1 Å². The van der Waals surface area contributed by atoms with Crippen molar-refractivity contribution >= 4 is 22.0 Å². The lowest BCUT2D eigenvalue weighted by Crippen LogP contribution is -2.44. The molecule has 8 nitrogen and oxygen atoms in total. The van der Waals surface area contributed by atoms with Crippen molar-refractivity contribution in [3.63, 3.8) is 0 Å². The second-order valence-corrected chi connectivity index (χ2v) is 9.35. The molecule has 1 aromatic carbocycles. The van der Waals surface area contributed by atoms with Gasteiger partial charge in [-0.25, -0.2) is 9.18 Å². The van der Waals surface area contributed by atoms with E-state index in [-0.39, 0.29) is 37.2 Å². The molecule has 2 N–H and O–H groups in total. The Bertz CT molecular complexity index is 867. The Morgan fingerprint density at radius 3 is 2.63 bits per heavy atom. The van der Waals surface area contributed by atoms with E-state index in [0.717, 1.165) is 4.47 Å². The van der Waals surface area contributed by atoms with E-state index in [2.05, 4.69) is 31.4 Å². The van der Waals surface area contributed by atoms with Crippen molar-refractivity contribution in [2.45, 2.75) is 58.8 Å². The molecule has 0 fully saturated rings. The number of carbonyl (C=O) groups is 1. The van der Waals surface area contributed by atoms with Gasteiger partial charge in [-0.15, -0.1) is 0 Å². The van der Waals surface area contributed by atoms with Crippen molar-refractivity contribution in [3.05, 3.63) is 45.8 Å². The van der Waals surface area contributed by atoms with Gasteiger partial charge in [0.1, 0.15) is 17.0 Å². The average molecular weight is 487 g/mol. The second kappa shape index (κ2) is 9.84. The van der Waals surface area contributed by atoms with Crippen LogP contribution in [0.4, 0.5) is 9.18 Å². The van der Waals surface area contributed by atoms with Crippen molar-refractivity contribution in [2.24, 2.45) is 0 Å². The molecular formula is C20H28BrFN4O4. The van der Waals surface area contributed by atoms with E-state index in [9.17, 15) is 14.3 Å². The fraction of sp³-hybridized carbons (Fsp3) is 0.550. The van der Waals surface area contributed by atoms with Crippen LogP contribution in [0.3, 0.4) is 0 Å². The number of aliphatic hydroxyl groups is 1. The third kappa shape index (κ3) is 7.33. The zero-order valence-electron chi connectivity index (χ0n) is 17.8. The fourth-order valence-corrected chi connectivity index (χ4v) is 3.05. The molecule has 0 saturated heterocycles. The molecule has 1 amide bonds. The molecule has 0 radical (unpaired) electrons. The monoisotopic (exact) mass is 486 g/mol.